The van der Waals surface area contributed by atoms with Crippen LogP contribution in [0.2, 0.25) is 0 Å². The van der Waals surface area contributed by atoms with Gasteiger partial charge in [0, 0.05) is 30.9 Å². The topological polar surface area (TPSA) is 58.6 Å². The third-order valence-corrected chi connectivity index (χ3v) is 4.52. The van der Waals surface area contributed by atoms with E-state index in [1.165, 1.54) is 7.11 Å². The Balaban J connectivity index is 1.79. The van der Waals surface area contributed by atoms with Crippen LogP contribution in [0.25, 0.3) is 0 Å². The first-order valence-electron chi connectivity index (χ1n) is 7.92. The largest absolute Gasteiger partial charge is 0.375 e. The van der Waals surface area contributed by atoms with Crippen molar-refractivity contribution in [3.8, 4) is 0 Å². The lowest BCUT2D eigenvalue weighted by Gasteiger charge is -2.30. The van der Waals surface area contributed by atoms with Gasteiger partial charge in [0.05, 0.1) is 0 Å². The van der Waals surface area contributed by atoms with Crippen LogP contribution >= 0.6 is 0 Å². The summed E-state index contributed by atoms with van der Waals surface area (Å²) in [7, 11) is 1.53. The number of ether oxygens (including phenoxy) is 1. The molecule has 0 radical (unpaired) electrons. The molecule has 2 aliphatic rings. The Morgan fingerprint density at radius 1 is 1.32 bits per heavy atom. The smallest absolute Gasteiger partial charge is 0.252 e. The number of benzene rings is 1. The molecular weight excluding hydrogens is 280 g/mol. The number of nitrogens with zero attached hydrogens (tertiary/aromatic N) is 1. The lowest BCUT2D eigenvalue weighted by Crippen LogP contribution is -2.37. The Bertz CT molecular complexity index is 581. The molecule has 5 nitrogen and oxygen atoms in total. The van der Waals surface area contributed by atoms with Crippen molar-refractivity contribution in [3.63, 3.8) is 0 Å². The minimum Gasteiger partial charge on any atom is -0.375 e. The van der Waals surface area contributed by atoms with Crippen molar-refractivity contribution >= 4 is 23.2 Å². The summed E-state index contributed by atoms with van der Waals surface area (Å²) >= 11 is 0. The van der Waals surface area contributed by atoms with Crippen molar-refractivity contribution in [2.75, 3.05) is 30.5 Å². The van der Waals surface area contributed by atoms with Gasteiger partial charge in [-0.3, -0.25) is 9.59 Å². The number of methoxy groups -OCH3 is 1. The zero-order valence-corrected chi connectivity index (χ0v) is 12.9. The highest BCUT2D eigenvalue weighted by Crippen LogP contribution is 2.32. The Morgan fingerprint density at radius 2 is 2.14 bits per heavy atom. The molecule has 0 aromatic heterocycles. The summed E-state index contributed by atoms with van der Waals surface area (Å²) in [5, 5.41) is 2.98. The number of carbonyl (C=O) groups excluding carboxylic acids is 2. The van der Waals surface area contributed by atoms with Crippen LogP contribution in [0.15, 0.2) is 18.2 Å². The molecule has 1 fully saturated rings. The van der Waals surface area contributed by atoms with Gasteiger partial charge in [0.1, 0.15) is 6.61 Å². The minimum absolute atomic E-state index is 0.0362. The number of amides is 2. The van der Waals surface area contributed by atoms with Crippen molar-refractivity contribution in [2.45, 2.75) is 32.1 Å². The average molecular weight is 302 g/mol. The highest BCUT2D eigenvalue weighted by molar-refractivity contribution is 5.98. The number of carbonyl (C=O) groups is 2. The summed E-state index contributed by atoms with van der Waals surface area (Å²) in [6.45, 7) is 0.785. The summed E-state index contributed by atoms with van der Waals surface area (Å²) in [5.41, 5.74) is 2.82. The Labute approximate surface area is 130 Å². The van der Waals surface area contributed by atoms with Crippen molar-refractivity contribution in [2.24, 2.45) is 5.92 Å². The third kappa shape index (κ3) is 2.99. The molecular formula is C17H22N2O3. The highest BCUT2D eigenvalue weighted by atomic mass is 16.5. The SMILES string of the molecule is COCC(=O)N1CCCc2ccc(NC(=O)C3CCC3)cc21. The normalized spacial score (nSPS) is 17.6. The van der Waals surface area contributed by atoms with Crippen LogP contribution in [0.1, 0.15) is 31.2 Å². The van der Waals surface area contributed by atoms with Crippen LogP contribution in [0.4, 0.5) is 11.4 Å². The first-order valence-corrected chi connectivity index (χ1v) is 7.92. The third-order valence-electron chi connectivity index (χ3n) is 4.52. The molecule has 1 heterocycles. The van der Waals surface area contributed by atoms with E-state index in [0.717, 1.165) is 49.0 Å². The van der Waals surface area contributed by atoms with E-state index in [1.54, 1.807) is 4.90 Å². The van der Waals surface area contributed by atoms with Gasteiger partial charge in [-0.25, -0.2) is 0 Å². The fourth-order valence-corrected chi connectivity index (χ4v) is 3.03. The van der Waals surface area contributed by atoms with Crippen LogP contribution in [0.5, 0.6) is 0 Å². The number of anilines is 2. The molecule has 118 valence electrons. The molecule has 1 aliphatic carbocycles. The summed E-state index contributed by atoms with van der Waals surface area (Å²) in [6, 6.07) is 5.86. The first-order chi connectivity index (χ1) is 10.7. The van der Waals surface area contributed by atoms with Crippen LogP contribution < -0.4 is 10.2 Å². The number of rotatable bonds is 4. The average Bonchev–Trinajstić information content (AvgIpc) is 2.45. The standard InChI is InChI=1S/C17H22N2O3/c1-22-11-16(20)19-9-3-6-12-7-8-14(10-15(12)19)18-17(21)13-4-2-5-13/h7-8,10,13H,2-6,9,11H2,1H3,(H,18,21). The molecule has 1 N–H and O–H groups in total. The molecule has 0 atom stereocenters. The molecule has 3 rings (SSSR count). The predicted octanol–water partition coefficient (Wildman–Crippen LogP) is 2.35. The van der Waals surface area contributed by atoms with Crippen molar-refractivity contribution in [3.05, 3.63) is 23.8 Å². The number of fused-ring (bicyclic) bond motifs is 1. The number of nitrogens with one attached hydrogen (secondary N) is 1. The molecule has 0 unspecified atom stereocenters. The molecule has 2 amide bonds. The number of aryl methyl sites for hydroxylation is 1. The van der Waals surface area contributed by atoms with Crippen molar-refractivity contribution in [1.29, 1.82) is 0 Å². The minimum atomic E-state index is -0.0362. The van der Waals surface area contributed by atoms with Gasteiger partial charge in [0.15, 0.2) is 0 Å². The second kappa shape index (κ2) is 6.48. The summed E-state index contributed by atoms with van der Waals surface area (Å²) in [6.07, 6.45) is 5.02. The van der Waals surface area contributed by atoms with Crippen molar-refractivity contribution < 1.29 is 14.3 Å². The zero-order chi connectivity index (χ0) is 15.5. The van der Waals surface area contributed by atoms with Crippen molar-refractivity contribution in [1.82, 2.24) is 0 Å². The van der Waals surface area contributed by atoms with Gasteiger partial charge in [-0.15, -0.1) is 0 Å². The van der Waals surface area contributed by atoms with E-state index in [9.17, 15) is 9.59 Å². The molecule has 0 spiro atoms. The molecule has 1 aliphatic heterocycles. The van der Waals surface area contributed by atoms with Gasteiger partial charge in [-0.2, -0.15) is 0 Å². The summed E-state index contributed by atoms with van der Waals surface area (Å²) < 4.78 is 4.96. The molecule has 1 aromatic carbocycles. The maximum Gasteiger partial charge on any atom is 0.252 e. The van der Waals surface area contributed by atoms with Gasteiger partial charge < -0.3 is 15.0 Å². The fourth-order valence-electron chi connectivity index (χ4n) is 3.03. The highest BCUT2D eigenvalue weighted by Gasteiger charge is 2.26. The van der Waals surface area contributed by atoms with Gasteiger partial charge in [0.25, 0.3) is 5.91 Å². The number of hydrogen-bond donors (Lipinski definition) is 1. The zero-order valence-electron chi connectivity index (χ0n) is 12.9. The lowest BCUT2D eigenvalue weighted by atomic mass is 9.85. The fraction of sp³-hybridized carbons (Fsp3) is 0.529. The van der Waals surface area contributed by atoms with Crippen LogP contribution in [-0.4, -0.2) is 32.1 Å². The van der Waals surface area contributed by atoms with E-state index < -0.39 is 0 Å². The second-order valence-electron chi connectivity index (χ2n) is 6.04. The molecule has 1 aromatic rings. The van der Waals surface area contributed by atoms with Crippen LogP contribution in [0.3, 0.4) is 0 Å². The van der Waals surface area contributed by atoms with E-state index in [1.807, 2.05) is 18.2 Å². The lowest BCUT2D eigenvalue weighted by molar-refractivity contribution is -0.122. The van der Waals surface area contributed by atoms with E-state index in [0.29, 0.717) is 6.54 Å². The second-order valence-corrected chi connectivity index (χ2v) is 6.04. The van der Waals surface area contributed by atoms with Gasteiger partial charge >= 0.3 is 0 Å². The molecule has 0 saturated heterocycles. The number of hydrogen-bond acceptors (Lipinski definition) is 3. The van der Waals surface area contributed by atoms with E-state index in [-0.39, 0.29) is 24.3 Å². The monoisotopic (exact) mass is 302 g/mol. The summed E-state index contributed by atoms with van der Waals surface area (Å²) in [4.78, 5) is 26.0. The Morgan fingerprint density at radius 3 is 2.82 bits per heavy atom. The van der Waals surface area contributed by atoms with E-state index in [2.05, 4.69) is 5.32 Å². The molecule has 0 bridgehead atoms. The van der Waals surface area contributed by atoms with Gasteiger partial charge in [-0.05, 0) is 43.4 Å². The van der Waals surface area contributed by atoms with Gasteiger partial charge in [0.2, 0.25) is 5.91 Å². The van der Waals surface area contributed by atoms with E-state index >= 15 is 0 Å². The first kappa shape index (κ1) is 15.0. The van der Waals surface area contributed by atoms with Crippen LogP contribution in [0, 0.1) is 5.92 Å². The molecule has 1 saturated carbocycles. The molecule has 5 heteroatoms. The van der Waals surface area contributed by atoms with Crippen LogP contribution in [-0.2, 0) is 20.7 Å². The maximum absolute atomic E-state index is 12.2. The molecule has 22 heavy (non-hydrogen) atoms. The quantitative estimate of drug-likeness (QED) is 0.929. The maximum atomic E-state index is 12.2. The van der Waals surface area contributed by atoms with Gasteiger partial charge in [-0.1, -0.05) is 12.5 Å². The van der Waals surface area contributed by atoms with E-state index in [4.69, 9.17) is 4.74 Å². The summed E-state index contributed by atoms with van der Waals surface area (Å²) in [5.74, 6) is 0.213. The Hall–Kier alpha value is -1.88. The predicted molar refractivity (Wildman–Crippen MR) is 85.0 cm³/mol. The Kier molecular flexibility index (Phi) is 4.43.